The number of aromatic nitrogens is 1. The van der Waals surface area contributed by atoms with Gasteiger partial charge in [-0.25, -0.2) is 0 Å². The minimum atomic E-state index is 0.0610. The van der Waals surface area contributed by atoms with Gasteiger partial charge in [-0.2, -0.15) is 0 Å². The second-order valence-corrected chi connectivity index (χ2v) is 7.81. The molecule has 0 aliphatic carbocycles. The summed E-state index contributed by atoms with van der Waals surface area (Å²) in [6.07, 6.45) is 0.913. The van der Waals surface area contributed by atoms with Gasteiger partial charge in [0.15, 0.2) is 0 Å². The lowest BCUT2D eigenvalue weighted by Gasteiger charge is -2.36. The summed E-state index contributed by atoms with van der Waals surface area (Å²) in [6.45, 7) is 7.12. The zero-order valence-electron chi connectivity index (χ0n) is 16.7. The van der Waals surface area contributed by atoms with E-state index in [1.807, 2.05) is 25.1 Å². The Labute approximate surface area is 177 Å². The minimum Gasteiger partial charge on any atom is -0.432 e. The highest BCUT2D eigenvalue weighted by Crippen LogP contribution is 2.27. The second-order valence-electron chi connectivity index (χ2n) is 7.40. The lowest BCUT2D eigenvalue weighted by Crippen LogP contribution is -2.47. The highest BCUT2D eigenvalue weighted by molar-refractivity contribution is 7.80. The number of nitrogens with zero attached hydrogens (tertiary/aromatic N) is 3. The fourth-order valence-electron chi connectivity index (χ4n) is 3.93. The Kier molecular flexibility index (Phi) is 5.92. The van der Waals surface area contributed by atoms with E-state index in [1.54, 1.807) is 0 Å². The third kappa shape index (κ3) is 4.66. The summed E-state index contributed by atoms with van der Waals surface area (Å²) in [6, 6.07) is 18.7. The Bertz CT molecular complexity index is 1010. The van der Waals surface area contributed by atoms with Crippen LogP contribution >= 0.6 is 12.2 Å². The Hall–Kier alpha value is -2.70. The maximum absolute atomic E-state index is 5.54. The quantitative estimate of drug-likeness (QED) is 0.654. The number of rotatable bonds is 5. The lowest BCUT2D eigenvalue weighted by atomic mass is 10.1. The van der Waals surface area contributed by atoms with E-state index in [-0.39, 0.29) is 5.17 Å². The maximum Gasteiger partial charge on any atom is 0.259 e. The van der Waals surface area contributed by atoms with Crippen LogP contribution in [0.4, 0.5) is 5.69 Å². The Morgan fingerprint density at radius 2 is 1.83 bits per heavy atom. The van der Waals surface area contributed by atoms with Gasteiger partial charge in [-0.05, 0) is 61.5 Å². The Balaban J connectivity index is 1.38. The zero-order valence-corrected chi connectivity index (χ0v) is 17.5. The van der Waals surface area contributed by atoms with Crippen LogP contribution in [0.1, 0.15) is 11.3 Å². The predicted octanol–water partition coefficient (Wildman–Crippen LogP) is 3.53. The van der Waals surface area contributed by atoms with Gasteiger partial charge in [0.2, 0.25) is 0 Å². The number of benzene rings is 2. The fraction of sp³-hybridized carbons (Fsp3) is 0.304. The molecule has 1 aliphatic heterocycles. The van der Waals surface area contributed by atoms with Crippen LogP contribution in [0.25, 0.3) is 10.9 Å². The van der Waals surface area contributed by atoms with Gasteiger partial charge in [0, 0.05) is 49.5 Å². The molecular weight excluding hydrogens is 380 g/mol. The van der Waals surface area contributed by atoms with Crippen molar-refractivity contribution in [2.75, 3.05) is 37.6 Å². The van der Waals surface area contributed by atoms with Crippen LogP contribution in [0.2, 0.25) is 0 Å². The van der Waals surface area contributed by atoms with Crippen molar-refractivity contribution in [3.63, 3.8) is 0 Å². The third-order valence-electron chi connectivity index (χ3n) is 5.44. The average Bonchev–Trinajstić information content (AvgIpc) is 2.72. The SMILES string of the molecule is Cc1ccc2c(N3CCN(CCc4ccccc4OC(N)=S)CC3)cccc2n1. The molecule has 0 amide bonds. The standard InChI is InChI=1S/C23H26N4OS/c1-17-9-10-19-20(25-17)6-4-7-21(19)27-15-13-26(14-16-27)12-11-18-5-2-3-8-22(18)28-23(24)29/h2-10H,11-16H2,1H3,(H2,24,29). The molecule has 0 saturated carbocycles. The molecule has 6 heteroatoms. The summed E-state index contributed by atoms with van der Waals surface area (Å²) in [5.41, 5.74) is 10.1. The van der Waals surface area contributed by atoms with Crippen molar-refractivity contribution in [2.24, 2.45) is 5.73 Å². The molecule has 1 saturated heterocycles. The first-order valence-electron chi connectivity index (χ1n) is 9.99. The van der Waals surface area contributed by atoms with Gasteiger partial charge in [-0.15, -0.1) is 0 Å². The molecule has 2 N–H and O–H groups in total. The van der Waals surface area contributed by atoms with E-state index in [4.69, 9.17) is 22.7 Å². The number of hydrogen-bond donors (Lipinski definition) is 1. The maximum atomic E-state index is 5.54. The smallest absolute Gasteiger partial charge is 0.259 e. The van der Waals surface area contributed by atoms with Crippen molar-refractivity contribution in [3.8, 4) is 5.75 Å². The first-order chi connectivity index (χ1) is 14.1. The molecule has 4 rings (SSSR count). The molecule has 1 fully saturated rings. The number of fused-ring (bicyclic) bond motifs is 1. The molecule has 0 spiro atoms. The van der Waals surface area contributed by atoms with Gasteiger partial charge in [-0.1, -0.05) is 24.3 Å². The molecule has 0 atom stereocenters. The number of nitrogens with two attached hydrogens (primary N) is 1. The van der Waals surface area contributed by atoms with Gasteiger partial charge < -0.3 is 15.4 Å². The number of hydrogen-bond acceptors (Lipinski definition) is 5. The molecule has 1 aliphatic rings. The van der Waals surface area contributed by atoms with Gasteiger partial charge in [0.05, 0.1) is 5.52 Å². The molecule has 1 aromatic heterocycles. The van der Waals surface area contributed by atoms with Gasteiger partial charge >= 0.3 is 0 Å². The molecule has 0 bridgehead atoms. The molecule has 2 heterocycles. The number of anilines is 1. The van der Waals surface area contributed by atoms with Crippen LogP contribution in [0.5, 0.6) is 5.75 Å². The van der Waals surface area contributed by atoms with Crippen LogP contribution in [-0.4, -0.2) is 47.8 Å². The highest BCUT2D eigenvalue weighted by atomic mass is 32.1. The van der Waals surface area contributed by atoms with Gasteiger partial charge in [-0.3, -0.25) is 9.88 Å². The van der Waals surface area contributed by atoms with E-state index in [0.717, 1.165) is 61.7 Å². The van der Waals surface area contributed by atoms with E-state index in [0.29, 0.717) is 0 Å². The molecule has 150 valence electrons. The Morgan fingerprint density at radius 3 is 2.62 bits per heavy atom. The van der Waals surface area contributed by atoms with E-state index >= 15 is 0 Å². The van der Waals surface area contributed by atoms with Gasteiger partial charge in [0.1, 0.15) is 5.75 Å². The van der Waals surface area contributed by atoms with Crippen molar-refractivity contribution in [2.45, 2.75) is 13.3 Å². The molecule has 3 aromatic rings. The second kappa shape index (κ2) is 8.76. The van der Waals surface area contributed by atoms with E-state index < -0.39 is 0 Å². The number of thiocarbonyl (C=S) groups is 1. The van der Waals surface area contributed by atoms with E-state index in [9.17, 15) is 0 Å². The molecule has 29 heavy (non-hydrogen) atoms. The normalized spacial score (nSPS) is 14.9. The number of aryl methyl sites for hydroxylation is 1. The number of para-hydroxylation sites is 1. The van der Waals surface area contributed by atoms with Crippen LogP contribution in [0.3, 0.4) is 0 Å². The van der Waals surface area contributed by atoms with E-state index in [1.165, 1.54) is 11.1 Å². The minimum absolute atomic E-state index is 0.0610. The van der Waals surface area contributed by atoms with Crippen molar-refractivity contribution >= 4 is 34.0 Å². The fourth-order valence-corrected chi connectivity index (χ4v) is 4.02. The Morgan fingerprint density at radius 1 is 1.03 bits per heavy atom. The summed E-state index contributed by atoms with van der Waals surface area (Å²) in [4.78, 5) is 9.64. The van der Waals surface area contributed by atoms with Crippen molar-refractivity contribution < 1.29 is 4.74 Å². The number of ether oxygens (including phenoxy) is 1. The summed E-state index contributed by atoms with van der Waals surface area (Å²) < 4.78 is 5.49. The summed E-state index contributed by atoms with van der Waals surface area (Å²) in [5, 5.41) is 1.29. The van der Waals surface area contributed by atoms with Crippen LogP contribution in [0, 0.1) is 6.92 Å². The van der Waals surface area contributed by atoms with Crippen molar-refractivity contribution in [3.05, 3.63) is 65.9 Å². The van der Waals surface area contributed by atoms with Crippen molar-refractivity contribution in [1.29, 1.82) is 0 Å². The summed E-state index contributed by atoms with van der Waals surface area (Å²) in [5.74, 6) is 0.761. The molecular formula is C23H26N4OS. The topological polar surface area (TPSA) is 54.6 Å². The highest BCUT2D eigenvalue weighted by Gasteiger charge is 2.19. The third-order valence-corrected chi connectivity index (χ3v) is 5.52. The van der Waals surface area contributed by atoms with Gasteiger partial charge in [0.25, 0.3) is 5.17 Å². The van der Waals surface area contributed by atoms with Crippen LogP contribution in [-0.2, 0) is 6.42 Å². The molecule has 2 aromatic carbocycles. The number of pyridine rings is 1. The molecule has 0 unspecified atom stereocenters. The molecule has 5 nitrogen and oxygen atoms in total. The van der Waals surface area contributed by atoms with E-state index in [2.05, 4.69) is 51.2 Å². The first kappa shape index (κ1) is 19.6. The first-order valence-corrected chi connectivity index (χ1v) is 10.4. The lowest BCUT2D eigenvalue weighted by molar-refractivity contribution is 0.260. The average molecular weight is 407 g/mol. The van der Waals surface area contributed by atoms with Crippen LogP contribution in [0.15, 0.2) is 54.6 Å². The summed E-state index contributed by atoms with van der Waals surface area (Å²) >= 11 is 4.88. The molecule has 0 radical (unpaired) electrons. The largest absolute Gasteiger partial charge is 0.432 e. The van der Waals surface area contributed by atoms with Crippen molar-refractivity contribution in [1.82, 2.24) is 9.88 Å². The zero-order chi connectivity index (χ0) is 20.2. The monoisotopic (exact) mass is 406 g/mol. The summed E-state index contributed by atoms with van der Waals surface area (Å²) in [7, 11) is 0. The van der Waals surface area contributed by atoms with Crippen LogP contribution < -0.4 is 15.4 Å². The predicted molar refractivity (Wildman–Crippen MR) is 123 cm³/mol. The number of piperazine rings is 1.